The molecule has 1 atom stereocenters. The Morgan fingerprint density at radius 2 is 1.86 bits per heavy atom. The van der Waals surface area contributed by atoms with Crippen LogP contribution in [0.15, 0.2) is 75.0 Å². The van der Waals surface area contributed by atoms with Crippen LogP contribution in [0.3, 0.4) is 0 Å². The number of nitrogens with zero attached hydrogens (tertiary/aromatic N) is 3. The summed E-state index contributed by atoms with van der Waals surface area (Å²) < 4.78 is 11.1. The van der Waals surface area contributed by atoms with Gasteiger partial charge in [-0.25, -0.2) is 5.01 Å². The molecule has 1 unspecified atom stereocenters. The number of hydrogen-bond acceptors (Lipinski definition) is 5. The molecule has 0 radical (unpaired) electrons. The van der Waals surface area contributed by atoms with Gasteiger partial charge in [-0.3, -0.25) is 4.79 Å². The number of hydrogen-bond donors (Lipinski definition) is 0. The molecule has 0 spiro atoms. The first-order valence-electron chi connectivity index (χ1n) is 9.83. The Hall–Kier alpha value is -3.28. The highest BCUT2D eigenvalue weighted by molar-refractivity contribution is 6.01. The minimum Gasteiger partial charge on any atom is -0.467 e. The summed E-state index contributed by atoms with van der Waals surface area (Å²) in [5.74, 6) is 1.31. The third kappa shape index (κ3) is 3.97. The predicted octanol–water partition coefficient (Wildman–Crippen LogP) is 4.77. The summed E-state index contributed by atoms with van der Waals surface area (Å²) in [6.07, 6.45) is 3.79. The Morgan fingerprint density at radius 1 is 1.14 bits per heavy atom. The number of furan rings is 2. The van der Waals surface area contributed by atoms with Crippen LogP contribution < -0.4 is 4.90 Å². The van der Waals surface area contributed by atoms with Crippen LogP contribution in [0.1, 0.15) is 43.4 Å². The maximum Gasteiger partial charge on any atom is 0.262 e. The van der Waals surface area contributed by atoms with Crippen LogP contribution in [-0.2, 0) is 4.79 Å². The van der Waals surface area contributed by atoms with Gasteiger partial charge >= 0.3 is 0 Å². The van der Waals surface area contributed by atoms with Crippen molar-refractivity contribution in [2.75, 3.05) is 11.4 Å². The molecule has 1 aliphatic rings. The fourth-order valence-corrected chi connectivity index (χ4v) is 3.56. The molecule has 0 saturated carbocycles. The van der Waals surface area contributed by atoms with Gasteiger partial charge in [-0.05, 0) is 57.2 Å². The zero-order chi connectivity index (χ0) is 20.4. The van der Waals surface area contributed by atoms with Crippen LogP contribution >= 0.6 is 0 Å². The SMILES string of the molecule is Cc1ccc(N(CC(=O)N2N=C(c3ccco3)CC2c2ccco2)C(C)C)cc1. The van der Waals surface area contributed by atoms with Crippen LogP contribution in [0, 0.1) is 6.92 Å². The highest BCUT2D eigenvalue weighted by Crippen LogP contribution is 2.33. The first-order valence-corrected chi connectivity index (χ1v) is 9.83. The Labute approximate surface area is 170 Å². The van der Waals surface area contributed by atoms with Crippen molar-refractivity contribution in [3.8, 4) is 0 Å². The van der Waals surface area contributed by atoms with Crippen molar-refractivity contribution < 1.29 is 13.6 Å². The van der Waals surface area contributed by atoms with E-state index < -0.39 is 0 Å². The maximum atomic E-state index is 13.3. The van der Waals surface area contributed by atoms with Gasteiger partial charge < -0.3 is 13.7 Å². The summed E-state index contributed by atoms with van der Waals surface area (Å²) in [7, 11) is 0. The Morgan fingerprint density at radius 3 is 2.48 bits per heavy atom. The highest BCUT2D eigenvalue weighted by atomic mass is 16.3. The molecule has 0 bridgehead atoms. The van der Waals surface area contributed by atoms with E-state index in [1.807, 2.05) is 36.4 Å². The number of rotatable bonds is 6. The molecular formula is C23H25N3O3. The lowest BCUT2D eigenvalue weighted by Crippen LogP contribution is -2.41. The average Bonchev–Trinajstić information content (AvgIpc) is 3.47. The molecule has 3 aromatic rings. The van der Waals surface area contributed by atoms with E-state index in [4.69, 9.17) is 8.83 Å². The van der Waals surface area contributed by atoms with E-state index >= 15 is 0 Å². The molecule has 6 nitrogen and oxygen atoms in total. The molecule has 29 heavy (non-hydrogen) atoms. The highest BCUT2D eigenvalue weighted by Gasteiger charge is 2.36. The van der Waals surface area contributed by atoms with Gasteiger partial charge in [-0.15, -0.1) is 0 Å². The molecule has 3 heterocycles. The second kappa shape index (κ2) is 7.99. The van der Waals surface area contributed by atoms with Gasteiger partial charge in [0.2, 0.25) is 0 Å². The van der Waals surface area contributed by atoms with Crippen molar-refractivity contribution in [3.05, 3.63) is 78.1 Å². The average molecular weight is 391 g/mol. The van der Waals surface area contributed by atoms with Crippen LogP contribution in [0.25, 0.3) is 0 Å². The summed E-state index contributed by atoms with van der Waals surface area (Å²) in [5.41, 5.74) is 2.95. The Bertz CT molecular complexity index is 973. The van der Waals surface area contributed by atoms with E-state index in [-0.39, 0.29) is 24.5 Å². The van der Waals surface area contributed by atoms with Gasteiger partial charge in [0.15, 0.2) is 0 Å². The third-order valence-corrected chi connectivity index (χ3v) is 5.14. The quantitative estimate of drug-likeness (QED) is 0.607. The first-order chi connectivity index (χ1) is 14.0. The molecule has 0 aliphatic carbocycles. The minimum atomic E-state index is -0.273. The smallest absolute Gasteiger partial charge is 0.262 e. The monoisotopic (exact) mass is 391 g/mol. The van der Waals surface area contributed by atoms with E-state index in [2.05, 4.69) is 42.9 Å². The summed E-state index contributed by atoms with van der Waals surface area (Å²) in [5, 5.41) is 6.15. The number of carbonyl (C=O) groups excluding carboxylic acids is 1. The summed E-state index contributed by atoms with van der Waals surface area (Å²) in [6.45, 7) is 6.45. The van der Waals surface area contributed by atoms with Gasteiger partial charge in [-0.1, -0.05) is 17.7 Å². The third-order valence-electron chi connectivity index (χ3n) is 5.14. The number of amides is 1. The standard InChI is InChI=1S/C23H25N3O3/c1-16(2)25(18-10-8-17(3)9-11-18)15-23(27)26-20(22-7-5-13-29-22)14-19(24-26)21-6-4-12-28-21/h4-13,16,20H,14-15H2,1-3H3. The van der Waals surface area contributed by atoms with E-state index in [1.165, 1.54) is 5.56 Å². The lowest BCUT2D eigenvalue weighted by atomic mass is 10.1. The molecule has 1 aromatic carbocycles. The molecule has 150 valence electrons. The molecule has 2 aromatic heterocycles. The maximum absolute atomic E-state index is 13.3. The van der Waals surface area contributed by atoms with Gasteiger partial charge in [0.1, 0.15) is 23.3 Å². The van der Waals surface area contributed by atoms with E-state index in [0.29, 0.717) is 12.2 Å². The summed E-state index contributed by atoms with van der Waals surface area (Å²) in [4.78, 5) is 15.4. The fourth-order valence-electron chi connectivity index (χ4n) is 3.56. The zero-order valence-electron chi connectivity index (χ0n) is 16.9. The van der Waals surface area contributed by atoms with E-state index in [0.717, 1.165) is 17.2 Å². The Kier molecular flexibility index (Phi) is 5.25. The zero-order valence-corrected chi connectivity index (χ0v) is 16.9. The lowest BCUT2D eigenvalue weighted by molar-refractivity contribution is -0.131. The summed E-state index contributed by atoms with van der Waals surface area (Å²) in [6, 6.07) is 15.5. The van der Waals surface area contributed by atoms with Crippen molar-refractivity contribution in [3.63, 3.8) is 0 Å². The molecular weight excluding hydrogens is 366 g/mol. The van der Waals surface area contributed by atoms with Crippen molar-refractivity contribution in [1.29, 1.82) is 0 Å². The molecule has 1 amide bonds. The van der Waals surface area contributed by atoms with Gasteiger partial charge in [0, 0.05) is 18.2 Å². The first kappa shape index (κ1) is 19.1. The van der Waals surface area contributed by atoms with Crippen molar-refractivity contribution >= 4 is 17.3 Å². The molecule has 0 fully saturated rings. The molecule has 0 saturated heterocycles. The molecule has 0 N–H and O–H groups in total. The van der Waals surface area contributed by atoms with Crippen molar-refractivity contribution in [2.24, 2.45) is 5.10 Å². The Balaban J connectivity index is 1.60. The van der Waals surface area contributed by atoms with Crippen LogP contribution in [-0.4, -0.2) is 29.2 Å². The number of carbonyl (C=O) groups is 1. The molecule has 6 heteroatoms. The fraction of sp³-hybridized carbons (Fsp3) is 0.304. The van der Waals surface area contributed by atoms with Crippen LogP contribution in [0.2, 0.25) is 0 Å². The van der Waals surface area contributed by atoms with Gasteiger partial charge in [0.25, 0.3) is 5.91 Å². The lowest BCUT2D eigenvalue weighted by Gasteiger charge is -2.30. The van der Waals surface area contributed by atoms with Crippen molar-refractivity contribution in [2.45, 2.75) is 39.3 Å². The molecule has 4 rings (SSSR count). The number of benzene rings is 1. The van der Waals surface area contributed by atoms with E-state index in [9.17, 15) is 4.79 Å². The second-order valence-corrected chi connectivity index (χ2v) is 7.55. The summed E-state index contributed by atoms with van der Waals surface area (Å²) >= 11 is 0. The van der Waals surface area contributed by atoms with Crippen LogP contribution in [0.4, 0.5) is 5.69 Å². The number of hydrazone groups is 1. The normalized spacial score (nSPS) is 16.3. The van der Waals surface area contributed by atoms with Crippen LogP contribution in [0.5, 0.6) is 0 Å². The van der Waals surface area contributed by atoms with Crippen molar-refractivity contribution in [1.82, 2.24) is 5.01 Å². The van der Waals surface area contributed by atoms with E-state index in [1.54, 1.807) is 17.5 Å². The minimum absolute atomic E-state index is 0.0813. The number of anilines is 1. The second-order valence-electron chi connectivity index (χ2n) is 7.55. The molecule has 1 aliphatic heterocycles. The van der Waals surface area contributed by atoms with Gasteiger partial charge in [-0.2, -0.15) is 5.10 Å². The predicted molar refractivity (Wildman–Crippen MR) is 112 cm³/mol. The topological polar surface area (TPSA) is 62.2 Å². The van der Waals surface area contributed by atoms with Gasteiger partial charge in [0.05, 0.1) is 19.1 Å². The largest absolute Gasteiger partial charge is 0.467 e. The number of aryl methyl sites for hydroxylation is 1.